The van der Waals surface area contributed by atoms with E-state index < -0.39 is 30.7 Å². The van der Waals surface area contributed by atoms with E-state index in [1.807, 2.05) is 0 Å². The van der Waals surface area contributed by atoms with E-state index in [-0.39, 0.29) is 17.8 Å². The molecule has 3 N–H and O–H groups in total. The molecular weight excluding hydrogens is 240 g/mol. The van der Waals surface area contributed by atoms with Crippen LogP contribution in [-0.4, -0.2) is 57.9 Å². The van der Waals surface area contributed by atoms with Gasteiger partial charge in [-0.3, -0.25) is 4.79 Å². The van der Waals surface area contributed by atoms with E-state index in [0.717, 1.165) is 0 Å². The molecule has 0 bridgehead atoms. The second-order valence-electron chi connectivity index (χ2n) is 5.14. The molecule has 1 fully saturated rings. The van der Waals surface area contributed by atoms with Gasteiger partial charge in [0.1, 0.15) is 24.4 Å². The smallest absolute Gasteiger partial charge is 0.187 e. The van der Waals surface area contributed by atoms with Crippen molar-refractivity contribution < 1.29 is 29.6 Å². The van der Waals surface area contributed by atoms with Crippen LogP contribution in [0.2, 0.25) is 0 Å². The second-order valence-corrected chi connectivity index (χ2v) is 5.14. The van der Waals surface area contributed by atoms with Crippen molar-refractivity contribution in [1.29, 1.82) is 0 Å². The number of carbonyl (C=O) groups is 1. The summed E-state index contributed by atoms with van der Waals surface area (Å²) < 4.78 is 10.6. The summed E-state index contributed by atoms with van der Waals surface area (Å²) in [5.41, 5.74) is 0. The molecule has 1 rings (SSSR count). The lowest BCUT2D eigenvalue weighted by Gasteiger charge is -2.40. The number of aliphatic hydroxyl groups is 3. The minimum absolute atomic E-state index is 0.234. The fourth-order valence-electron chi connectivity index (χ4n) is 1.79. The highest BCUT2D eigenvalue weighted by Crippen LogP contribution is 2.25. The number of Topliss-reactive ketones (excluding diaryl/α,β-unsaturated/α-hetero) is 1. The highest BCUT2D eigenvalue weighted by molar-refractivity contribution is 5.85. The number of ketones is 1. The molecule has 0 aromatic carbocycles. The Morgan fingerprint density at radius 1 is 1.06 bits per heavy atom. The van der Waals surface area contributed by atoms with Gasteiger partial charge in [0.25, 0.3) is 0 Å². The predicted octanol–water partition coefficient (Wildman–Crippen LogP) is -0.556. The van der Waals surface area contributed by atoms with Gasteiger partial charge in [-0.15, -0.1) is 0 Å². The summed E-state index contributed by atoms with van der Waals surface area (Å²) in [6, 6.07) is 0. The van der Waals surface area contributed by atoms with Gasteiger partial charge in [0.15, 0.2) is 12.1 Å². The van der Waals surface area contributed by atoms with E-state index in [2.05, 4.69) is 0 Å². The highest BCUT2D eigenvalue weighted by Gasteiger charge is 2.47. The summed E-state index contributed by atoms with van der Waals surface area (Å²) in [5, 5.41) is 29.2. The number of ether oxygens (including phenoxy) is 2. The molecule has 1 aliphatic heterocycles. The zero-order valence-electron chi connectivity index (χ0n) is 11.1. The van der Waals surface area contributed by atoms with Crippen LogP contribution in [0.5, 0.6) is 0 Å². The van der Waals surface area contributed by atoms with Gasteiger partial charge >= 0.3 is 0 Å². The van der Waals surface area contributed by atoms with Gasteiger partial charge in [-0.05, 0) is 13.8 Å². The number of hydrogen-bond donors (Lipinski definition) is 3. The Bertz CT molecular complexity index is 290. The van der Waals surface area contributed by atoms with Crippen molar-refractivity contribution in [1.82, 2.24) is 0 Å². The van der Waals surface area contributed by atoms with Gasteiger partial charge in [0, 0.05) is 5.92 Å². The normalized spacial score (nSPS) is 37.3. The van der Waals surface area contributed by atoms with Crippen LogP contribution in [0.4, 0.5) is 0 Å². The minimum Gasteiger partial charge on any atom is -0.387 e. The SMILES string of the molecule is CC(C)OC1OC(C(=O)C(C)C)C(O)C(O)C1O. The van der Waals surface area contributed by atoms with Gasteiger partial charge in [0.05, 0.1) is 6.10 Å². The maximum Gasteiger partial charge on any atom is 0.187 e. The Hall–Kier alpha value is -0.530. The van der Waals surface area contributed by atoms with Gasteiger partial charge in [0.2, 0.25) is 0 Å². The van der Waals surface area contributed by atoms with Crippen molar-refractivity contribution in [2.45, 2.75) is 64.5 Å². The Morgan fingerprint density at radius 2 is 1.61 bits per heavy atom. The first-order chi connectivity index (χ1) is 8.25. The van der Waals surface area contributed by atoms with Crippen LogP contribution in [0, 0.1) is 5.92 Å². The topological polar surface area (TPSA) is 96.2 Å². The number of rotatable bonds is 4. The Kier molecular flexibility index (Phi) is 5.24. The Labute approximate surface area is 107 Å². The summed E-state index contributed by atoms with van der Waals surface area (Å²) in [7, 11) is 0. The molecule has 106 valence electrons. The standard InChI is InChI=1S/C12H22O6/c1-5(2)7(13)11-9(15)8(14)10(16)12(18-11)17-6(3)4/h5-6,8-12,14-16H,1-4H3. The van der Waals surface area contributed by atoms with Crippen LogP contribution in [-0.2, 0) is 14.3 Å². The van der Waals surface area contributed by atoms with Crippen LogP contribution >= 0.6 is 0 Å². The summed E-state index contributed by atoms with van der Waals surface area (Å²) in [5.74, 6) is -0.669. The van der Waals surface area contributed by atoms with Crippen LogP contribution < -0.4 is 0 Å². The van der Waals surface area contributed by atoms with Crippen molar-refractivity contribution >= 4 is 5.78 Å². The monoisotopic (exact) mass is 262 g/mol. The fraction of sp³-hybridized carbons (Fsp3) is 0.917. The molecule has 0 aromatic heterocycles. The molecule has 6 nitrogen and oxygen atoms in total. The maximum atomic E-state index is 11.9. The van der Waals surface area contributed by atoms with E-state index in [1.165, 1.54) is 0 Å². The van der Waals surface area contributed by atoms with Gasteiger partial charge < -0.3 is 24.8 Å². The van der Waals surface area contributed by atoms with Crippen molar-refractivity contribution in [3.05, 3.63) is 0 Å². The van der Waals surface area contributed by atoms with Crippen molar-refractivity contribution in [3.8, 4) is 0 Å². The van der Waals surface area contributed by atoms with Gasteiger partial charge in [-0.1, -0.05) is 13.8 Å². The molecule has 0 saturated carbocycles. The molecule has 0 spiro atoms. The summed E-state index contributed by atoms with van der Waals surface area (Å²) >= 11 is 0. The summed E-state index contributed by atoms with van der Waals surface area (Å²) in [6.07, 6.45) is -6.80. The fourth-order valence-corrected chi connectivity index (χ4v) is 1.79. The third-order valence-corrected chi connectivity index (χ3v) is 2.83. The van der Waals surface area contributed by atoms with Crippen molar-refractivity contribution in [3.63, 3.8) is 0 Å². The molecule has 0 radical (unpaired) electrons. The lowest BCUT2D eigenvalue weighted by Crippen LogP contribution is -2.61. The second kappa shape index (κ2) is 6.08. The first-order valence-electron chi connectivity index (χ1n) is 6.14. The summed E-state index contributed by atoms with van der Waals surface area (Å²) in [6.45, 7) is 6.84. The number of hydrogen-bond acceptors (Lipinski definition) is 6. The zero-order valence-corrected chi connectivity index (χ0v) is 11.1. The Morgan fingerprint density at radius 3 is 2.06 bits per heavy atom. The molecule has 5 unspecified atom stereocenters. The van der Waals surface area contributed by atoms with Crippen LogP contribution in [0.1, 0.15) is 27.7 Å². The predicted molar refractivity (Wildman–Crippen MR) is 62.7 cm³/mol. The van der Waals surface area contributed by atoms with E-state index in [0.29, 0.717) is 0 Å². The molecule has 5 atom stereocenters. The third kappa shape index (κ3) is 3.27. The molecule has 1 saturated heterocycles. The lowest BCUT2D eigenvalue weighted by atomic mass is 9.92. The Balaban J connectivity index is 2.83. The average molecular weight is 262 g/mol. The van der Waals surface area contributed by atoms with Crippen LogP contribution in [0.25, 0.3) is 0 Å². The number of aliphatic hydroxyl groups excluding tert-OH is 3. The largest absolute Gasteiger partial charge is 0.387 e. The van der Waals surface area contributed by atoms with E-state index in [1.54, 1.807) is 27.7 Å². The van der Waals surface area contributed by atoms with E-state index in [9.17, 15) is 20.1 Å². The van der Waals surface area contributed by atoms with Gasteiger partial charge in [-0.2, -0.15) is 0 Å². The molecule has 0 aromatic rings. The minimum atomic E-state index is -1.46. The van der Waals surface area contributed by atoms with E-state index in [4.69, 9.17) is 9.47 Å². The molecule has 18 heavy (non-hydrogen) atoms. The summed E-state index contributed by atoms with van der Waals surface area (Å²) in [4.78, 5) is 11.9. The lowest BCUT2D eigenvalue weighted by molar-refractivity contribution is -0.298. The van der Waals surface area contributed by atoms with Crippen molar-refractivity contribution in [2.24, 2.45) is 5.92 Å². The molecule has 6 heteroatoms. The first-order valence-corrected chi connectivity index (χ1v) is 6.14. The quantitative estimate of drug-likeness (QED) is 0.629. The molecular formula is C12H22O6. The van der Waals surface area contributed by atoms with Crippen molar-refractivity contribution in [2.75, 3.05) is 0 Å². The molecule has 0 amide bonds. The highest BCUT2D eigenvalue weighted by atomic mass is 16.7. The molecule has 1 aliphatic rings. The third-order valence-electron chi connectivity index (χ3n) is 2.83. The van der Waals surface area contributed by atoms with Crippen LogP contribution in [0.3, 0.4) is 0 Å². The zero-order chi connectivity index (χ0) is 14.0. The molecule has 0 aliphatic carbocycles. The number of carbonyl (C=O) groups excluding carboxylic acids is 1. The van der Waals surface area contributed by atoms with E-state index >= 15 is 0 Å². The maximum absolute atomic E-state index is 11.9. The first kappa shape index (κ1) is 15.5. The van der Waals surface area contributed by atoms with Gasteiger partial charge in [-0.25, -0.2) is 0 Å². The molecule has 1 heterocycles. The average Bonchev–Trinajstić information content (AvgIpc) is 2.28. The van der Waals surface area contributed by atoms with Crippen LogP contribution in [0.15, 0.2) is 0 Å².